The lowest BCUT2D eigenvalue weighted by molar-refractivity contribution is -0.130. The van der Waals surface area contributed by atoms with Crippen molar-refractivity contribution in [2.24, 2.45) is 5.92 Å². The summed E-state index contributed by atoms with van der Waals surface area (Å²) in [6.45, 7) is 5.97. The summed E-state index contributed by atoms with van der Waals surface area (Å²) in [4.78, 5) is 11.6. The number of carboxylic acid groups (broad SMARTS) is 1. The van der Waals surface area contributed by atoms with Gasteiger partial charge in [0.25, 0.3) is 0 Å². The van der Waals surface area contributed by atoms with Crippen molar-refractivity contribution in [3.63, 3.8) is 0 Å². The lowest BCUT2D eigenvalue weighted by Gasteiger charge is -2.11. The summed E-state index contributed by atoms with van der Waals surface area (Å²) in [6.07, 6.45) is 1.27. The third-order valence-electron chi connectivity index (χ3n) is 3.47. The summed E-state index contributed by atoms with van der Waals surface area (Å²) in [6, 6.07) is 9.77. The van der Waals surface area contributed by atoms with E-state index in [1.54, 1.807) is 0 Å². The van der Waals surface area contributed by atoms with Gasteiger partial charge in [-0.3, -0.25) is 0 Å². The van der Waals surface area contributed by atoms with Crippen LogP contribution in [0, 0.1) is 24.7 Å². The lowest BCUT2D eigenvalue weighted by Crippen LogP contribution is -2.03. The molecule has 0 aliphatic carbocycles. The van der Waals surface area contributed by atoms with Crippen LogP contribution in [-0.2, 0) is 9.53 Å². The molecule has 0 aliphatic rings. The fraction of sp³-hybridized carbons (Fsp3) is 0.250. The van der Waals surface area contributed by atoms with E-state index in [4.69, 9.17) is 4.74 Å². The molecule has 1 N–H and O–H groups in total. The van der Waals surface area contributed by atoms with E-state index in [1.165, 1.54) is 13.4 Å². The number of methoxy groups -OCH3 is 1. The van der Waals surface area contributed by atoms with Gasteiger partial charge in [0.15, 0.2) is 0 Å². The number of rotatable bonds is 3. The van der Waals surface area contributed by atoms with E-state index in [0.29, 0.717) is 5.56 Å². The average Bonchev–Trinajstić information content (AvgIpc) is 2.51. The molecule has 23 heavy (non-hydrogen) atoms. The van der Waals surface area contributed by atoms with Gasteiger partial charge in [-0.05, 0) is 35.4 Å². The predicted molar refractivity (Wildman–Crippen MR) is 93.0 cm³/mol. The summed E-state index contributed by atoms with van der Waals surface area (Å²) in [5.74, 6) is 5.54. The molecule has 0 fully saturated rings. The number of aliphatic carboxylic acids is 1. The highest BCUT2D eigenvalue weighted by Gasteiger charge is 2.17. The number of fused-ring (bicyclic) bond motifs is 1. The van der Waals surface area contributed by atoms with Crippen LogP contribution >= 0.6 is 0 Å². The van der Waals surface area contributed by atoms with E-state index in [0.717, 1.165) is 21.9 Å². The summed E-state index contributed by atoms with van der Waals surface area (Å²) in [7, 11) is 1.45. The minimum absolute atomic E-state index is 0.143. The van der Waals surface area contributed by atoms with Crippen molar-refractivity contribution in [3.05, 3.63) is 53.3 Å². The van der Waals surface area contributed by atoms with Gasteiger partial charge in [-0.15, -0.1) is 0 Å². The predicted octanol–water partition coefficient (Wildman–Crippen LogP) is 4.23. The molecule has 118 valence electrons. The SMILES string of the molecule is COC=C(C(=O)O)c1c(C)ccc2ccc(C#CC(C)C)cc12. The van der Waals surface area contributed by atoms with E-state index < -0.39 is 5.97 Å². The molecule has 0 aromatic heterocycles. The minimum Gasteiger partial charge on any atom is -0.503 e. The van der Waals surface area contributed by atoms with Crippen molar-refractivity contribution < 1.29 is 14.6 Å². The van der Waals surface area contributed by atoms with E-state index in [2.05, 4.69) is 11.8 Å². The number of carboxylic acids is 1. The summed E-state index contributed by atoms with van der Waals surface area (Å²) in [5.41, 5.74) is 2.58. The minimum atomic E-state index is -1.01. The lowest BCUT2D eigenvalue weighted by atomic mass is 9.93. The van der Waals surface area contributed by atoms with E-state index in [-0.39, 0.29) is 11.5 Å². The van der Waals surface area contributed by atoms with Gasteiger partial charge in [0, 0.05) is 17.0 Å². The van der Waals surface area contributed by atoms with Gasteiger partial charge >= 0.3 is 5.97 Å². The Hall–Kier alpha value is -2.73. The summed E-state index contributed by atoms with van der Waals surface area (Å²) < 4.78 is 4.96. The zero-order valence-electron chi connectivity index (χ0n) is 13.8. The van der Waals surface area contributed by atoms with Crippen molar-refractivity contribution in [2.75, 3.05) is 7.11 Å². The maximum Gasteiger partial charge on any atom is 0.339 e. The van der Waals surface area contributed by atoms with Crippen LogP contribution in [0.15, 0.2) is 36.6 Å². The summed E-state index contributed by atoms with van der Waals surface area (Å²) in [5, 5.41) is 11.4. The second-order valence-electron chi connectivity index (χ2n) is 5.69. The molecule has 2 aromatic carbocycles. The summed E-state index contributed by atoms with van der Waals surface area (Å²) >= 11 is 0. The zero-order chi connectivity index (χ0) is 17.0. The van der Waals surface area contributed by atoms with Gasteiger partial charge in [-0.2, -0.15) is 0 Å². The molecule has 0 amide bonds. The van der Waals surface area contributed by atoms with Crippen molar-refractivity contribution in [2.45, 2.75) is 20.8 Å². The Morgan fingerprint density at radius 2 is 1.96 bits per heavy atom. The Labute approximate surface area is 136 Å². The number of carbonyl (C=O) groups is 1. The molecule has 3 heteroatoms. The average molecular weight is 308 g/mol. The van der Waals surface area contributed by atoms with Gasteiger partial charge in [0.2, 0.25) is 0 Å². The Bertz CT molecular complexity index is 833. The number of ether oxygens (including phenoxy) is 1. The second kappa shape index (κ2) is 7.02. The fourth-order valence-electron chi connectivity index (χ4n) is 2.43. The topological polar surface area (TPSA) is 46.5 Å². The van der Waals surface area contributed by atoms with Crippen LogP contribution in [0.5, 0.6) is 0 Å². The Morgan fingerprint density at radius 3 is 2.57 bits per heavy atom. The Balaban J connectivity index is 2.75. The molecule has 0 atom stereocenters. The molecule has 0 radical (unpaired) electrons. The fourth-order valence-corrected chi connectivity index (χ4v) is 2.43. The molecule has 0 spiro atoms. The van der Waals surface area contributed by atoms with Gasteiger partial charge in [-0.1, -0.05) is 43.9 Å². The van der Waals surface area contributed by atoms with Crippen LogP contribution < -0.4 is 0 Å². The Morgan fingerprint density at radius 1 is 1.26 bits per heavy atom. The van der Waals surface area contributed by atoms with Crippen LogP contribution in [0.3, 0.4) is 0 Å². The molecule has 3 nitrogen and oxygen atoms in total. The zero-order valence-corrected chi connectivity index (χ0v) is 13.8. The Kier molecular flexibility index (Phi) is 5.08. The maximum atomic E-state index is 11.6. The van der Waals surface area contributed by atoms with Crippen LogP contribution in [-0.4, -0.2) is 18.2 Å². The van der Waals surface area contributed by atoms with Crippen LogP contribution in [0.4, 0.5) is 0 Å². The molecule has 0 saturated carbocycles. The second-order valence-corrected chi connectivity index (χ2v) is 5.69. The van der Waals surface area contributed by atoms with Gasteiger partial charge in [-0.25, -0.2) is 4.79 Å². The van der Waals surface area contributed by atoms with Crippen LogP contribution in [0.1, 0.15) is 30.5 Å². The molecule has 0 heterocycles. The molecule has 2 rings (SSSR count). The van der Waals surface area contributed by atoms with Crippen molar-refractivity contribution in [3.8, 4) is 11.8 Å². The number of hydrogen-bond acceptors (Lipinski definition) is 2. The first kappa shape index (κ1) is 16.6. The normalized spacial score (nSPS) is 11.3. The molecular weight excluding hydrogens is 288 g/mol. The van der Waals surface area contributed by atoms with E-state index in [9.17, 15) is 9.90 Å². The third-order valence-corrected chi connectivity index (χ3v) is 3.47. The van der Waals surface area contributed by atoms with Gasteiger partial charge in [0.1, 0.15) is 5.57 Å². The van der Waals surface area contributed by atoms with Gasteiger partial charge < -0.3 is 9.84 Å². The number of benzene rings is 2. The first-order valence-electron chi connectivity index (χ1n) is 7.45. The highest BCUT2D eigenvalue weighted by molar-refractivity contribution is 6.19. The quantitative estimate of drug-likeness (QED) is 0.524. The largest absolute Gasteiger partial charge is 0.503 e. The highest BCUT2D eigenvalue weighted by atomic mass is 16.5. The first-order valence-corrected chi connectivity index (χ1v) is 7.45. The molecule has 2 aromatic rings. The molecule has 0 bridgehead atoms. The smallest absolute Gasteiger partial charge is 0.339 e. The van der Waals surface area contributed by atoms with E-state index in [1.807, 2.05) is 51.1 Å². The highest BCUT2D eigenvalue weighted by Crippen LogP contribution is 2.29. The first-order chi connectivity index (χ1) is 10.9. The van der Waals surface area contributed by atoms with E-state index >= 15 is 0 Å². The standard InChI is InChI=1S/C20H20O3/c1-13(2)5-7-15-8-10-16-9-6-14(3)19(17(16)11-15)18(12-23-4)20(21)22/h6,8-13H,1-4H3,(H,21,22). The number of aryl methyl sites for hydroxylation is 1. The van der Waals surface area contributed by atoms with Crippen molar-refractivity contribution >= 4 is 22.3 Å². The maximum absolute atomic E-state index is 11.6. The molecular formula is C20H20O3. The van der Waals surface area contributed by atoms with Gasteiger partial charge in [0.05, 0.1) is 13.4 Å². The van der Waals surface area contributed by atoms with Crippen LogP contribution in [0.25, 0.3) is 16.3 Å². The van der Waals surface area contributed by atoms with Crippen molar-refractivity contribution in [1.29, 1.82) is 0 Å². The number of hydrogen-bond donors (Lipinski definition) is 1. The third kappa shape index (κ3) is 3.73. The van der Waals surface area contributed by atoms with Crippen LogP contribution in [0.2, 0.25) is 0 Å². The monoisotopic (exact) mass is 308 g/mol. The molecule has 0 aliphatic heterocycles. The molecule has 0 saturated heterocycles. The van der Waals surface area contributed by atoms with Crippen molar-refractivity contribution in [1.82, 2.24) is 0 Å². The molecule has 0 unspecified atom stereocenters.